The molecule has 0 aromatic heterocycles. The van der Waals surface area contributed by atoms with E-state index in [0.717, 1.165) is 0 Å². The van der Waals surface area contributed by atoms with Gasteiger partial charge in [0.25, 0.3) is 0 Å². The molecule has 1 N–H and O–H groups in total. The van der Waals surface area contributed by atoms with Crippen molar-refractivity contribution in [2.24, 2.45) is 0 Å². The van der Waals surface area contributed by atoms with Gasteiger partial charge in [0.1, 0.15) is 0 Å². The Morgan fingerprint density at radius 2 is 0.958 bits per heavy atom. The summed E-state index contributed by atoms with van der Waals surface area (Å²) in [6.07, 6.45) is -12.6. The van der Waals surface area contributed by atoms with Gasteiger partial charge in [0.15, 0.2) is 0 Å². The van der Waals surface area contributed by atoms with Gasteiger partial charge in [0, 0.05) is 12.2 Å². The van der Waals surface area contributed by atoms with Crippen LogP contribution in [-0.2, 0) is 0 Å². The highest BCUT2D eigenvalue weighted by Gasteiger charge is 2.90. The third-order valence-electron chi connectivity index (χ3n) is 2.70. The van der Waals surface area contributed by atoms with Crippen LogP contribution in [0.2, 0.25) is 0 Å². The second kappa shape index (κ2) is 6.29. The molecule has 0 saturated heterocycles. The van der Waals surface area contributed by atoms with Gasteiger partial charge in [-0.15, -0.1) is 0 Å². The molecule has 0 fully saturated rings. The molecule has 1 nitrogen and oxygen atoms in total. The summed E-state index contributed by atoms with van der Waals surface area (Å²) in [5, 5.41) is 8.66. The Bertz CT molecular complexity index is 443. The molecule has 0 aliphatic carbocycles. The number of hydrogen-bond donors (Lipinski definition) is 2. The zero-order chi connectivity index (χ0) is 20.0. The molecule has 0 rings (SSSR count). The zero-order valence-corrected chi connectivity index (χ0v) is 11.7. The maximum Gasteiger partial charge on any atom is 0.460 e. The Morgan fingerprint density at radius 1 is 0.625 bits per heavy atom. The van der Waals surface area contributed by atoms with Gasteiger partial charge in [-0.3, -0.25) is 0 Å². The van der Waals surface area contributed by atoms with E-state index in [1.165, 1.54) is 0 Å². The van der Waals surface area contributed by atoms with Crippen LogP contribution < -0.4 is 0 Å². The standard InChI is InChI=1S/C9H7F13OS/c10-4(11,1-3(23)2-24)5(12,13)6(14,15)7(16,17)8(18,19)9(20,21)22/h3,23-24H,1-2H2. The van der Waals surface area contributed by atoms with Gasteiger partial charge in [0.05, 0.1) is 6.10 Å². The van der Waals surface area contributed by atoms with Crippen molar-refractivity contribution in [1.82, 2.24) is 0 Å². The van der Waals surface area contributed by atoms with Crippen LogP contribution in [0.3, 0.4) is 0 Å². The van der Waals surface area contributed by atoms with Crippen molar-refractivity contribution in [3.8, 4) is 0 Å². The Morgan fingerprint density at radius 3 is 1.25 bits per heavy atom. The molecule has 1 atom stereocenters. The molecule has 0 aromatic rings. The molecule has 0 spiro atoms. The topological polar surface area (TPSA) is 20.2 Å². The van der Waals surface area contributed by atoms with Gasteiger partial charge >= 0.3 is 35.8 Å². The van der Waals surface area contributed by atoms with Crippen molar-refractivity contribution >= 4 is 12.6 Å². The largest absolute Gasteiger partial charge is 0.460 e. The molecular formula is C9H7F13OS. The van der Waals surface area contributed by atoms with E-state index in [4.69, 9.17) is 5.11 Å². The lowest BCUT2D eigenvalue weighted by Gasteiger charge is -2.40. The van der Waals surface area contributed by atoms with Crippen LogP contribution in [0.15, 0.2) is 0 Å². The Labute approximate surface area is 130 Å². The summed E-state index contributed by atoms with van der Waals surface area (Å²) in [4.78, 5) is 0. The Hall–Kier alpha value is -0.600. The third kappa shape index (κ3) is 3.37. The molecule has 0 aliphatic rings. The normalized spacial score (nSPS) is 17.1. The minimum absolute atomic E-state index is 1.05. The summed E-state index contributed by atoms with van der Waals surface area (Å²) in [6.45, 7) is 0. The zero-order valence-electron chi connectivity index (χ0n) is 10.8. The van der Waals surface area contributed by atoms with Crippen molar-refractivity contribution in [3.05, 3.63) is 0 Å². The number of aliphatic hydroxyl groups excluding tert-OH is 1. The lowest BCUT2D eigenvalue weighted by Crippen LogP contribution is -2.70. The molecule has 0 radical (unpaired) electrons. The minimum atomic E-state index is -7.92. The molecule has 0 saturated carbocycles. The van der Waals surface area contributed by atoms with Gasteiger partial charge in [-0.05, 0) is 0 Å². The first-order chi connectivity index (χ1) is 10.2. The minimum Gasteiger partial charge on any atom is -0.392 e. The van der Waals surface area contributed by atoms with Gasteiger partial charge in [-0.25, -0.2) is 0 Å². The molecule has 0 amide bonds. The van der Waals surface area contributed by atoms with Gasteiger partial charge in [-0.2, -0.15) is 69.7 Å². The number of alkyl halides is 13. The monoisotopic (exact) mass is 410 g/mol. The van der Waals surface area contributed by atoms with E-state index >= 15 is 0 Å². The number of halogens is 13. The number of aliphatic hydroxyl groups is 1. The van der Waals surface area contributed by atoms with Gasteiger partial charge < -0.3 is 5.11 Å². The van der Waals surface area contributed by atoms with Crippen molar-refractivity contribution in [3.63, 3.8) is 0 Å². The summed E-state index contributed by atoms with van der Waals surface area (Å²) in [5.41, 5.74) is 0. The van der Waals surface area contributed by atoms with E-state index in [-0.39, 0.29) is 0 Å². The summed E-state index contributed by atoms with van der Waals surface area (Å²) in [5.74, 6) is -38.2. The average Bonchev–Trinajstić information content (AvgIpc) is 2.35. The molecule has 146 valence electrons. The molecule has 0 bridgehead atoms. The van der Waals surface area contributed by atoms with Crippen LogP contribution in [0.4, 0.5) is 57.1 Å². The molecular weight excluding hydrogens is 403 g/mol. The molecule has 0 aliphatic heterocycles. The van der Waals surface area contributed by atoms with Crippen LogP contribution in [0.25, 0.3) is 0 Å². The maximum atomic E-state index is 13.1. The quantitative estimate of drug-likeness (QED) is 0.471. The molecule has 1 unspecified atom stereocenters. The van der Waals surface area contributed by atoms with Crippen LogP contribution in [-0.4, -0.2) is 52.8 Å². The second-order valence-electron chi connectivity index (χ2n) is 4.54. The molecule has 15 heteroatoms. The Balaban J connectivity index is 6.11. The van der Waals surface area contributed by atoms with E-state index in [2.05, 4.69) is 12.6 Å². The average molecular weight is 410 g/mol. The van der Waals surface area contributed by atoms with Crippen LogP contribution in [0, 0.1) is 0 Å². The number of rotatable bonds is 7. The van der Waals surface area contributed by atoms with Crippen molar-refractivity contribution < 1.29 is 62.2 Å². The van der Waals surface area contributed by atoms with Crippen molar-refractivity contribution in [1.29, 1.82) is 0 Å². The highest BCUT2D eigenvalue weighted by Crippen LogP contribution is 2.60. The first-order valence-electron chi connectivity index (χ1n) is 5.45. The lowest BCUT2D eigenvalue weighted by molar-refractivity contribution is -0.440. The lowest BCUT2D eigenvalue weighted by atomic mass is 9.91. The fraction of sp³-hybridized carbons (Fsp3) is 1.00. The summed E-state index contributed by atoms with van der Waals surface area (Å²) in [6, 6.07) is 0. The summed E-state index contributed by atoms with van der Waals surface area (Å²) in [7, 11) is 0. The van der Waals surface area contributed by atoms with Gasteiger partial charge in [0.2, 0.25) is 0 Å². The predicted octanol–water partition coefficient (Wildman–Crippen LogP) is 4.41. The van der Waals surface area contributed by atoms with E-state index in [1.807, 2.05) is 0 Å². The van der Waals surface area contributed by atoms with Crippen LogP contribution >= 0.6 is 12.6 Å². The fourth-order valence-corrected chi connectivity index (χ4v) is 1.42. The SMILES string of the molecule is OC(CS)CC(F)(F)C(F)(F)C(F)(F)C(F)(F)C(F)(F)C(F)(F)F. The van der Waals surface area contributed by atoms with E-state index < -0.39 is 54.1 Å². The van der Waals surface area contributed by atoms with Crippen LogP contribution in [0.1, 0.15) is 6.42 Å². The first kappa shape index (κ1) is 23.4. The van der Waals surface area contributed by atoms with E-state index in [9.17, 15) is 57.1 Å². The predicted molar refractivity (Wildman–Crippen MR) is 55.3 cm³/mol. The number of thiol groups is 1. The Kier molecular flexibility index (Phi) is 6.13. The van der Waals surface area contributed by atoms with Crippen molar-refractivity contribution in [2.45, 2.75) is 48.3 Å². The third-order valence-corrected chi connectivity index (χ3v) is 3.12. The van der Waals surface area contributed by atoms with Crippen molar-refractivity contribution in [2.75, 3.05) is 5.75 Å². The molecule has 24 heavy (non-hydrogen) atoms. The maximum absolute atomic E-state index is 13.1. The first-order valence-corrected chi connectivity index (χ1v) is 6.08. The van der Waals surface area contributed by atoms with E-state index in [1.54, 1.807) is 0 Å². The highest BCUT2D eigenvalue weighted by atomic mass is 32.1. The molecule has 0 aromatic carbocycles. The molecule has 0 heterocycles. The van der Waals surface area contributed by atoms with Gasteiger partial charge in [-0.1, -0.05) is 0 Å². The number of hydrogen-bond acceptors (Lipinski definition) is 2. The second-order valence-corrected chi connectivity index (χ2v) is 4.91. The summed E-state index contributed by atoms with van der Waals surface area (Å²) < 4.78 is 164. The van der Waals surface area contributed by atoms with E-state index in [0.29, 0.717) is 0 Å². The summed E-state index contributed by atoms with van der Waals surface area (Å²) >= 11 is 3.10. The fourth-order valence-electron chi connectivity index (χ4n) is 1.29. The highest BCUT2D eigenvalue weighted by molar-refractivity contribution is 7.80. The smallest absolute Gasteiger partial charge is 0.392 e. The van der Waals surface area contributed by atoms with Crippen LogP contribution in [0.5, 0.6) is 0 Å².